The summed E-state index contributed by atoms with van der Waals surface area (Å²) in [5.74, 6) is 2.20. The molecule has 0 heterocycles. The van der Waals surface area contributed by atoms with E-state index in [9.17, 15) is 0 Å². The molecule has 0 aliphatic carbocycles. The molecular formula is C20H28. The standard InChI is InChI=1S/C20H28/c1-7-12-17(8-2)20(18-13-10-9-11-14-18)19(15(3)4)16(5)6/h7-16,19-20H,1-2H2,3-6H3/b17-12+. The van der Waals surface area contributed by atoms with Crippen LogP contribution in [0.3, 0.4) is 0 Å². The van der Waals surface area contributed by atoms with Crippen LogP contribution in [0.2, 0.25) is 0 Å². The van der Waals surface area contributed by atoms with Crippen LogP contribution in [0.25, 0.3) is 0 Å². The first-order chi connectivity index (χ1) is 9.52. The van der Waals surface area contributed by atoms with E-state index in [1.54, 1.807) is 0 Å². The Morgan fingerprint density at radius 2 is 1.50 bits per heavy atom. The third-order valence-corrected chi connectivity index (χ3v) is 3.99. The first kappa shape index (κ1) is 16.5. The Bertz CT molecular complexity index is 440. The summed E-state index contributed by atoms with van der Waals surface area (Å²) < 4.78 is 0. The fraction of sp³-hybridized carbons (Fsp3) is 0.400. The molecule has 0 saturated carbocycles. The number of hydrogen-bond acceptors (Lipinski definition) is 0. The van der Waals surface area contributed by atoms with Crippen molar-refractivity contribution in [1.82, 2.24) is 0 Å². The van der Waals surface area contributed by atoms with Crippen molar-refractivity contribution < 1.29 is 0 Å². The maximum atomic E-state index is 4.01. The van der Waals surface area contributed by atoms with E-state index in [-0.39, 0.29) is 0 Å². The minimum absolute atomic E-state index is 0.381. The second-order valence-electron chi connectivity index (χ2n) is 6.06. The van der Waals surface area contributed by atoms with Crippen LogP contribution < -0.4 is 0 Å². The SMILES string of the molecule is C=C/C=C(\C=C)C(c1ccccc1)C(C(C)C)C(C)C. The summed E-state index contributed by atoms with van der Waals surface area (Å²) in [7, 11) is 0. The topological polar surface area (TPSA) is 0 Å². The van der Waals surface area contributed by atoms with Gasteiger partial charge in [0.1, 0.15) is 0 Å². The molecule has 0 radical (unpaired) electrons. The highest BCUT2D eigenvalue weighted by Crippen LogP contribution is 2.40. The summed E-state index contributed by atoms with van der Waals surface area (Å²) in [5.41, 5.74) is 2.63. The zero-order chi connectivity index (χ0) is 15.1. The van der Waals surface area contributed by atoms with Crippen LogP contribution in [-0.2, 0) is 0 Å². The van der Waals surface area contributed by atoms with Gasteiger partial charge in [-0.15, -0.1) is 0 Å². The highest BCUT2D eigenvalue weighted by molar-refractivity contribution is 5.37. The van der Waals surface area contributed by atoms with Gasteiger partial charge in [0, 0.05) is 5.92 Å². The first-order valence-electron chi connectivity index (χ1n) is 7.52. The van der Waals surface area contributed by atoms with Gasteiger partial charge in [0.05, 0.1) is 0 Å². The smallest absolute Gasteiger partial charge is 0.0122 e. The Kier molecular flexibility index (Phi) is 6.51. The zero-order valence-electron chi connectivity index (χ0n) is 13.3. The van der Waals surface area contributed by atoms with Crippen molar-refractivity contribution in [3.63, 3.8) is 0 Å². The average Bonchev–Trinajstić information content (AvgIpc) is 2.42. The third kappa shape index (κ3) is 3.96. The van der Waals surface area contributed by atoms with Gasteiger partial charge in [-0.2, -0.15) is 0 Å². The summed E-state index contributed by atoms with van der Waals surface area (Å²) >= 11 is 0. The van der Waals surface area contributed by atoms with Crippen molar-refractivity contribution in [3.8, 4) is 0 Å². The second-order valence-corrected chi connectivity index (χ2v) is 6.06. The Morgan fingerprint density at radius 3 is 1.90 bits per heavy atom. The second kappa shape index (κ2) is 7.89. The Hall–Kier alpha value is -1.56. The van der Waals surface area contributed by atoms with E-state index in [1.165, 1.54) is 11.1 Å². The van der Waals surface area contributed by atoms with Crippen LogP contribution in [0.15, 0.2) is 67.3 Å². The monoisotopic (exact) mass is 268 g/mol. The van der Waals surface area contributed by atoms with Crippen LogP contribution in [0.5, 0.6) is 0 Å². The zero-order valence-corrected chi connectivity index (χ0v) is 13.3. The predicted molar refractivity (Wildman–Crippen MR) is 90.8 cm³/mol. The van der Waals surface area contributed by atoms with Crippen molar-refractivity contribution >= 4 is 0 Å². The molecule has 0 saturated heterocycles. The molecule has 1 rings (SSSR count). The normalized spacial score (nSPS) is 13.8. The molecule has 20 heavy (non-hydrogen) atoms. The van der Waals surface area contributed by atoms with Gasteiger partial charge < -0.3 is 0 Å². The molecule has 0 bridgehead atoms. The summed E-state index contributed by atoms with van der Waals surface area (Å²) in [6, 6.07) is 10.8. The minimum Gasteiger partial charge on any atom is -0.0991 e. The molecule has 0 aliphatic rings. The van der Waals surface area contributed by atoms with Crippen molar-refractivity contribution in [2.45, 2.75) is 33.6 Å². The van der Waals surface area contributed by atoms with Crippen molar-refractivity contribution in [3.05, 3.63) is 72.9 Å². The summed E-state index contributed by atoms with van der Waals surface area (Å²) in [5, 5.41) is 0. The minimum atomic E-state index is 0.381. The van der Waals surface area contributed by atoms with E-state index in [0.29, 0.717) is 23.7 Å². The molecule has 0 heteroatoms. The quantitative estimate of drug-likeness (QED) is 0.532. The maximum absolute atomic E-state index is 4.01. The molecule has 1 unspecified atom stereocenters. The molecule has 1 aromatic rings. The van der Waals surface area contributed by atoms with Crippen LogP contribution in [0.1, 0.15) is 39.2 Å². The van der Waals surface area contributed by atoms with Crippen LogP contribution in [0, 0.1) is 17.8 Å². The predicted octanol–water partition coefficient (Wildman–Crippen LogP) is 6.00. The van der Waals surface area contributed by atoms with Crippen molar-refractivity contribution in [1.29, 1.82) is 0 Å². The Morgan fingerprint density at radius 1 is 0.950 bits per heavy atom. The van der Waals surface area contributed by atoms with E-state index >= 15 is 0 Å². The summed E-state index contributed by atoms with van der Waals surface area (Å²) in [4.78, 5) is 0. The number of allylic oxidation sites excluding steroid dienone is 4. The summed E-state index contributed by atoms with van der Waals surface area (Å²) in [6.07, 6.45) is 5.95. The Balaban J connectivity index is 3.36. The lowest BCUT2D eigenvalue weighted by Crippen LogP contribution is -2.25. The highest BCUT2D eigenvalue weighted by atomic mass is 14.3. The molecule has 108 valence electrons. The van der Waals surface area contributed by atoms with E-state index in [1.807, 2.05) is 12.2 Å². The van der Waals surface area contributed by atoms with E-state index in [4.69, 9.17) is 0 Å². The van der Waals surface area contributed by atoms with Gasteiger partial charge in [-0.3, -0.25) is 0 Å². The van der Waals surface area contributed by atoms with Crippen LogP contribution >= 0.6 is 0 Å². The number of benzene rings is 1. The molecule has 0 amide bonds. The third-order valence-electron chi connectivity index (χ3n) is 3.99. The average molecular weight is 268 g/mol. The van der Waals surface area contributed by atoms with Crippen LogP contribution in [0.4, 0.5) is 0 Å². The summed E-state index contributed by atoms with van der Waals surface area (Å²) in [6.45, 7) is 17.1. The lowest BCUT2D eigenvalue weighted by Gasteiger charge is -2.35. The van der Waals surface area contributed by atoms with Gasteiger partial charge in [-0.05, 0) is 28.9 Å². The lowest BCUT2D eigenvalue weighted by atomic mass is 9.70. The van der Waals surface area contributed by atoms with E-state index < -0.39 is 0 Å². The molecule has 0 nitrogen and oxygen atoms in total. The van der Waals surface area contributed by atoms with Crippen LogP contribution in [-0.4, -0.2) is 0 Å². The lowest BCUT2D eigenvalue weighted by molar-refractivity contribution is 0.257. The fourth-order valence-corrected chi connectivity index (χ4v) is 3.27. The van der Waals surface area contributed by atoms with E-state index in [2.05, 4.69) is 77.3 Å². The van der Waals surface area contributed by atoms with Gasteiger partial charge in [0.15, 0.2) is 0 Å². The van der Waals surface area contributed by atoms with Gasteiger partial charge in [-0.1, -0.05) is 89.4 Å². The molecule has 0 aliphatic heterocycles. The molecule has 0 spiro atoms. The molecule has 1 atom stereocenters. The first-order valence-corrected chi connectivity index (χ1v) is 7.52. The Labute approximate surface area is 124 Å². The molecule has 0 aromatic heterocycles. The number of rotatable bonds is 7. The van der Waals surface area contributed by atoms with Crippen molar-refractivity contribution in [2.24, 2.45) is 17.8 Å². The number of hydrogen-bond donors (Lipinski definition) is 0. The molecule has 0 fully saturated rings. The van der Waals surface area contributed by atoms with Crippen molar-refractivity contribution in [2.75, 3.05) is 0 Å². The fourth-order valence-electron chi connectivity index (χ4n) is 3.27. The van der Waals surface area contributed by atoms with E-state index in [0.717, 1.165) is 0 Å². The van der Waals surface area contributed by atoms with Gasteiger partial charge in [0.2, 0.25) is 0 Å². The molecular weight excluding hydrogens is 240 g/mol. The molecule has 1 aromatic carbocycles. The van der Waals surface area contributed by atoms with Gasteiger partial charge in [0.25, 0.3) is 0 Å². The largest absolute Gasteiger partial charge is 0.0991 e. The van der Waals surface area contributed by atoms with Gasteiger partial charge in [-0.25, -0.2) is 0 Å². The van der Waals surface area contributed by atoms with Gasteiger partial charge >= 0.3 is 0 Å². The highest BCUT2D eigenvalue weighted by Gasteiger charge is 2.30. The molecule has 0 N–H and O–H groups in total. The maximum Gasteiger partial charge on any atom is 0.0122 e.